The zero-order valence-corrected chi connectivity index (χ0v) is 12.5. The summed E-state index contributed by atoms with van der Waals surface area (Å²) < 4.78 is 15.4. The molecule has 0 aliphatic carbocycles. The molecule has 0 bridgehead atoms. The lowest BCUT2D eigenvalue weighted by atomic mass is 10.0. The molecule has 1 aromatic heterocycles. The number of imidazole rings is 1. The summed E-state index contributed by atoms with van der Waals surface area (Å²) in [6.45, 7) is 4.09. The number of benzene rings is 2. The third-order valence-corrected chi connectivity index (χ3v) is 4.07. The first kappa shape index (κ1) is 13.9. The number of hydrogen-bond acceptors (Lipinski definition) is 2. The lowest BCUT2D eigenvalue weighted by molar-refractivity contribution is 0.629. The van der Waals surface area contributed by atoms with Crippen molar-refractivity contribution in [1.29, 1.82) is 0 Å². The molecule has 3 aromatic rings. The summed E-state index contributed by atoms with van der Waals surface area (Å²) >= 11 is 5.89. The molecule has 108 valence electrons. The van der Waals surface area contributed by atoms with Gasteiger partial charge >= 0.3 is 0 Å². The molecule has 3 nitrogen and oxygen atoms in total. The molecular formula is C16H15ClFN3. The molecule has 0 saturated carbocycles. The predicted octanol–water partition coefficient (Wildman–Crippen LogP) is 4.33. The molecule has 0 amide bonds. The molecular weight excluding hydrogens is 289 g/mol. The smallest absolute Gasteiger partial charge is 0.201 e. The van der Waals surface area contributed by atoms with Crippen molar-refractivity contribution in [2.75, 3.05) is 5.73 Å². The number of aryl methyl sites for hydroxylation is 1. The number of nitrogens with zero attached hydrogens (tertiary/aromatic N) is 2. The molecule has 0 aliphatic rings. The summed E-state index contributed by atoms with van der Waals surface area (Å²) in [5.41, 5.74) is 9.58. The number of halogens is 2. The Kier molecular flexibility index (Phi) is 3.33. The van der Waals surface area contributed by atoms with E-state index in [1.165, 1.54) is 11.6 Å². The molecule has 0 fully saturated rings. The van der Waals surface area contributed by atoms with Crippen LogP contribution in [0.3, 0.4) is 0 Å². The zero-order valence-electron chi connectivity index (χ0n) is 11.8. The van der Waals surface area contributed by atoms with Gasteiger partial charge < -0.3 is 10.3 Å². The van der Waals surface area contributed by atoms with E-state index in [4.69, 9.17) is 17.3 Å². The summed E-state index contributed by atoms with van der Waals surface area (Å²) in [6.07, 6.45) is 0. The van der Waals surface area contributed by atoms with Crippen LogP contribution >= 0.6 is 11.6 Å². The van der Waals surface area contributed by atoms with E-state index in [2.05, 4.69) is 11.1 Å². The van der Waals surface area contributed by atoms with Crippen LogP contribution < -0.4 is 5.73 Å². The molecule has 5 heteroatoms. The number of hydrogen-bond donors (Lipinski definition) is 1. The summed E-state index contributed by atoms with van der Waals surface area (Å²) in [7, 11) is 0. The molecule has 1 atom stereocenters. The van der Waals surface area contributed by atoms with Gasteiger partial charge in [0.25, 0.3) is 0 Å². The normalized spacial score (nSPS) is 12.8. The number of nitrogens with two attached hydrogens (primary N) is 1. The van der Waals surface area contributed by atoms with Gasteiger partial charge in [0.1, 0.15) is 5.82 Å². The van der Waals surface area contributed by atoms with Crippen LogP contribution in [-0.2, 0) is 0 Å². The quantitative estimate of drug-likeness (QED) is 0.766. The first-order valence-electron chi connectivity index (χ1n) is 6.67. The van der Waals surface area contributed by atoms with E-state index in [1.807, 2.05) is 36.6 Å². The second-order valence-electron chi connectivity index (χ2n) is 5.13. The monoisotopic (exact) mass is 303 g/mol. The van der Waals surface area contributed by atoms with E-state index < -0.39 is 5.82 Å². The zero-order chi connectivity index (χ0) is 15.1. The first-order valence-corrected chi connectivity index (χ1v) is 7.05. The van der Waals surface area contributed by atoms with Crippen LogP contribution in [0.4, 0.5) is 10.3 Å². The summed E-state index contributed by atoms with van der Waals surface area (Å²) in [5.74, 6) is -0.139. The average Bonchev–Trinajstić information content (AvgIpc) is 2.74. The highest BCUT2D eigenvalue weighted by atomic mass is 35.5. The number of anilines is 1. The topological polar surface area (TPSA) is 43.8 Å². The van der Waals surface area contributed by atoms with E-state index in [9.17, 15) is 4.39 Å². The van der Waals surface area contributed by atoms with Crippen molar-refractivity contribution in [3.05, 3.63) is 58.4 Å². The summed E-state index contributed by atoms with van der Waals surface area (Å²) in [5, 5.41) is 0.0700. The van der Waals surface area contributed by atoms with E-state index in [1.54, 1.807) is 6.07 Å². The van der Waals surface area contributed by atoms with Crippen molar-refractivity contribution in [3.8, 4) is 0 Å². The van der Waals surface area contributed by atoms with Crippen LogP contribution in [0.2, 0.25) is 5.02 Å². The van der Waals surface area contributed by atoms with Gasteiger partial charge in [0.15, 0.2) is 0 Å². The molecule has 2 N–H and O–H groups in total. The highest BCUT2D eigenvalue weighted by Gasteiger charge is 2.18. The van der Waals surface area contributed by atoms with Crippen molar-refractivity contribution in [2.24, 2.45) is 0 Å². The number of rotatable bonds is 2. The Balaban J connectivity index is 2.22. The molecule has 1 heterocycles. The highest BCUT2D eigenvalue weighted by Crippen LogP contribution is 2.31. The second kappa shape index (κ2) is 5.04. The average molecular weight is 304 g/mol. The minimum absolute atomic E-state index is 0.0160. The number of fused-ring (bicyclic) bond motifs is 1. The van der Waals surface area contributed by atoms with Crippen molar-refractivity contribution >= 4 is 28.6 Å². The molecule has 1 unspecified atom stereocenters. The fourth-order valence-electron chi connectivity index (χ4n) is 2.71. The Morgan fingerprint density at radius 2 is 2.00 bits per heavy atom. The van der Waals surface area contributed by atoms with Crippen molar-refractivity contribution in [2.45, 2.75) is 19.9 Å². The fraction of sp³-hybridized carbons (Fsp3) is 0.188. The summed E-state index contributed by atoms with van der Waals surface area (Å²) in [6, 6.07) is 11.0. The number of nitrogen functional groups attached to an aromatic ring is 1. The largest absolute Gasteiger partial charge is 0.369 e. The minimum atomic E-state index is -0.489. The van der Waals surface area contributed by atoms with Gasteiger partial charge in [-0.15, -0.1) is 0 Å². The number of aromatic nitrogens is 2. The lowest BCUT2D eigenvalue weighted by Gasteiger charge is -2.18. The summed E-state index contributed by atoms with van der Waals surface area (Å²) in [4.78, 5) is 4.23. The van der Waals surface area contributed by atoms with Gasteiger partial charge in [0, 0.05) is 6.07 Å². The van der Waals surface area contributed by atoms with Gasteiger partial charge in [0.2, 0.25) is 5.95 Å². The van der Waals surface area contributed by atoms with Crippen LogP contribution in [0.15, 0.2) is 36.4 Å². The standard InChI is InChI=1S/C16H15ClFN3/c1-9-5-3-4-6-11(9)10(2)21-15-7-12(17)13(18)8-14(15)20-16(21)19/h3-8,10H,1-2H3,(H2,19,20). The van der Waals surface area contributed by atoms with E-state index in [-0.39, 0.29) is 11.1 Å². The Labute approximate surface area is 127 Å². The van der Waals surface area contributed by atoms with Gasteiger partial charge in [-0.1, -0.05) is 35.9 Å². The molecule has 0 aliphatic heterocycles. The van der Waals surface area contributed by atoms with E-state index in [0.29, 0.717) is 11.5 Å². The van der Waals surface area contributed by atoms with Crippen LogP contribution in [0.25, 0.3) is 11.0 Å². The van der Waals surface area contributed by atoms with Crippen LogP contribution in [0.1, 0.15) is 24.1 Å². The lowest BCUT2D eigenvalue weighted by Crippen LogP contribution is -2.11. The third kappa shape index (κ3) is 2.25. The minimum Gasteiger partial charge on any atom is -0.369 e. The molecule has 0 saturated heterocycles. The Bertz CT molecular complexity index is 826. The molecule has 0 spiro atoms. The Morgan fingerprint density at radius 1 is 1.29 bits per heavy atom. The van der Waals surface area contributed by atoms with Gasteiger partial charge in [-0.25, -0.2) is 9.37 Å². The first-order chi connectivity index (χ1) is 9.99. The second-order valence-corrected chi connectivity index (χ2v) is 5.53. The van der Waals surface area contributed by atoms with Crippen LogP contribution in [-0.4, -0.2) is 9.55 Å². The van der Waals surface area contributed by atoms with Gasteiger partial charge in [-0.3, -0.25) is 0 Å². The fourth-order valence-corrected chi connectivity index (χ4v) is 2.87. The maximum Gasteiger partial charge on any atom is 0.201 e. The molecule has 21 heavy (non-hydrogen) atoms. The Hall–Kier alpha value is -2.07. The van der Waals surface area contributed by atoms with Gasteiger partial charge in [0.05, 0.1) is 22.1 Å². The van der Waals surface area contributed by atoms with Gasteiger partial charge in [-0.05, 0) is 31.0 Å². The molecule has 0 radical (unpaired) electrons. The van der Waals surface area contributed by atoms with Crippen molar-refractivity contribution in [1.82, 2.24) is 9.55 Å². The Morgan fingerprint density at radius 3 is 2.71 bits per heavy atom. The predicted molar refractivity (Wildman–Crippen MR) is 84.1 cm³/mol. The van der Waals surface area contributed by atoms with Crippen molar-refractivity contribution < 1.29 is 4.39 Å². The van der Waals surface area contributed by atoms with Gasteiger partial charge in [-0.2, -0.15) is 0 Å². The van der Waals surface area contributed by atoms with E-state index in [0.717, 1.165) is 11.1 Å². The maximum absolute atomic E-state index is 13.6. The van der Waals surface area contributed by atoms with Crippen molar-refractivity contribution in [3.63, 3.8) is 0 Å². The van der Waals surface area contributed by atoms with Crippen LogP contribution in [0, 0.1) is 12.7 Å². The SMILES string of the molecule is Cc1ccccc1C(C)n1c(N)nc2cc(F)c(Cl)cc21. The molecule has 3 rings (SSSR count). The third-order valence-electron chi connectivity index (χ3n) is 3.78. The maximum atomic E-state index is 13.6. The highest BCUT2D eigenvalue weighted by molar-refractivity contribution is 6.31. The molecule has 2 aromatic carbocycles. The van der Waals surface area contributed by atoms with Crippen LogP contribution in [0.5, 0.6) is 0 Å². The van der Waals surface area contributed by atoms with E-state index >= 15 is 0 Å².